The molecule has 2 aliphatic rings. The second-order valence-corrected chi connectivity index (χ2v) is 7.39. The van der Waals surface area contributed by atoms with E-state index in [0.717, 1.165) is 55.2 Å². The predicted octanol–water partition coefficient (Wildman–Crippen LogP) is 2.48. The van der Waals surface area contributed by atoms with Crippen molar-refractivity contribution in [2.24, 2.45) is 0 Å². The summed E-state index contributed by atoms with van der Waals surface area (Å²) < 4.78 is 0. The number of aryl methyl sites for hydroxylation is 1. The Morgan fingerprint density at radius 3 is 2.52 bits per heavy atom. The Labute approximate surface area is 149 Å². The van der Waals surface area contributed by atoms with Crippen molar-refractivity contribution in [3.8, 4) is 0 Å². The van der Waals surface area contributed by atoms with Gasteiger partial charge in [-0.15, -0.1) is 0 Å². The Morgan fingerprint density at radius 2 is 1.80 bits per heavy atom. The SMILES string of the molecule is Cc1ccccc1[C@]1(O)CCN(Cc2cnc(N3CCCC3)nc2)C1. The first-order chi connectivity index (χ1) is 12.1. The Hall–Kier alpha value is -1.98. The zero-order chi connectivity index (χ0) is 17.3. The van der Waals surface area contributed by atoms with Crippen LogP contribution >= 0.6 is 0 Å². The lowest BCUT2D eigenvalue weighted by atomic mass is 9.89. The van der Waals surface area contributed by atoms with Gasteiger partial charge in [-0.05, 0) is 37.3 Å². The number of hydrogen-bond donors (Lipinski definition) is 1. The van der Waals surface area contributed by atoms with Gasteiger partial charge in [0.2, 0.25) is 5.95 Å². The van der Waals surface area contributed by atoms with Crippen LogP contribution in [0, 0.1) is 6.92 Å². The highest BCUT2D eigenvalue weighted by Crippen LogP contribution is 2.34. The van der Waals surface area contributed by atoms with Crippen molar-refractivity contribution in [2.45, 2.75) is 38.3 Å². The van der Waals surface area contributed by atoms with Gasteiger partial charge in [0.05, 0.1) is 0 Å². The first kappa shape index (κ1) is 16.5. The Kier molecular flexibility index (Phi) is 4.44. The highest BCUT2D eigenvalue weighted by Gasteiger charge is 2.38. The van der Waals surface area contributed by atoms with E-state index in [1.807, 2.05) is 30.6 Å². The third-order valence-corrected chi connectivity index (χ3v) is 5.46. The van der Waals surface area contributed by atoms with E-state index in [1.165, 1.54) is 12.8 Å². The molecule has 1 atom stereocenters. The van der Waals surface area contributed by atoms with Gasteiger partial charge in [-0.3, -0.25) is 4.90 Å². The molecule has 2 fully saturated rings. The van der Waals surface area contributed by atoms with E-state index >= 15 is 0 Å². The molecule has 3 heterocycles. The maximum absolute atomic E-state index is 11.1. The van der Waals surface area contributed by atoms with Crippen LogP contribution in [0.25, 0.3) is 0 Å². The number of benzene rings is 1. The molecule has 1 aromatic carbocycles. The molecule has 0 saturated carbocycles. The van der Waals surface area contributed by atoms with Gasteiger partial charge < -0.3 is 10.0 Å². The second kappa shape index (κ2) is 6.73. The van der Waals surface area contributed by atoms with Gasteiger partial charge in [-0.1, -0.05) is 24.3 Å². The van der Waals surface area contributed by atoms with Gasteiger partial charge in [0.1, 0.15) is 5.60 Å². The Bertz CT molecular complexity index is 727. The van der Waals surface area contributed by atoms with Crippen molar-refractivity contribution in [3.63, 3.8) is 0 Å². The normalized spacial score (nSPS) is 24.2. The van der Waals surface area contributed by atoms with E-state index in [2.05, 4.69) is 32.8 Å². The average molecular weight is 338 g/mol. The Balaban J connectivity index is 1.41. The number of aromatic nitrogens is 2. The molecule has 132 valence electrons. The summed E-state index contributed by atoms with van der Waals surface area (Å²) in [6.07, 6.45) is 7.11. The highest BCUT2D eigenvalue weighted by molar-refractivity contribution is 5.33. The highest BCUT2D eigenvalue weighted by atomic mass is 16.3. The van der Waals surface area contributed by atoms with Crippen molar-refractivity contribution in [1.82, 2.24) is 14.9 Å². The largest absolute Gasteiger partial charge is 0.384 e. The Morgan fingerprint density at radius 1 is 1.08 bits per heavy atom. The standard InChI is InChI=1S/C20H26N4O/c1-16-6-2-3-7-18(16)20(25)8-11-23(15-20)14-17-12-21-19(22-13-17)24-9-4-5-10-24/h2-3,6-7,12-13,25H,4-5,8-11,14-15H2,1H3/t20-/m0/s1. The zero-order valence-electron chi connectivity index (χ0n) is 14.9. The number of nitrogens with zero attached hydrogens (tertiary/aromatic N) is 4. The molecule has 1 N–H and O–H groups in total. The van der Waals surface area contributed by atoms with Gasteiger partial charge in [-0.2, -0.15) is 0 Å². The first-order valence-corrected chi connectivity index (χ1v) is 9.21. The number of hydrogen-bond acceptors (Lipinski definition) is 5. The smallest absolute Gasteiger partial charge is 0.225 e. The summed E-state index contributed by atoms with van der Waals surface area (Å²) in [5, 5.41) is 11.1. The van der Waals surface area contributed by atoms with E-state index in [0.29, 0.717) is 6.54 Å². The van der Waals surface area contributed by atoms with Crippen molar-refractivity contribution in [1.29, 1.82) is 0 Å². The van der Waals surface area contributed by atoms with Crippen LogP contribution in [0.15, 0.2) is 36.7 Å². The number of β-amino-alcohol motifs (C(OH)–C–C–N with tert-alkyl or cyclic N) is 1. The van der Waals surface area contributed by atoms with Crippen molar-refractivity contribution in [2.75, 3.05) is 31.1 Å². The molecular formula is C20H26N4O. The maximum Gasteiger partial charge on any atom is 0.225 e. The number of aliphatic hydroxyl groups is 1. The van der Waals surface area contributed by atoms with Crippen LogP contribution in [0.4, 0.5) is 5.95 Å². The summed E-state index contributed by atoms with van der Waals surface area (Å²) in [6.45, 7) is 6.53. The third-order valence-electron chi connectivity index (χ3n) is 5.46. The molecule has 0 bridgehead atoms. The number of anilines is 1. The fourth-order valence-electron chi connectivity index (χ4n) is 4.09. The summed E-state index contributed by atoms with van der Waals surface area (Å²) in [4.78, 5) is 13.6. The molecule has 2 aliphatic heterocycles. The quantitative estimate of drug-likeness (QED) is 0.928. The predicted molar refractivity (Wildman–Crippen MR) is 98.4 cm³/mol. The molecular weight excluding hydrogens is 312 g/mol. The second-order valence-electron chi connectivity index (χ2n) is 7.39. The van der Waals surface area contributed by atoms with Crippen LogP contribution in [0.5, 0.6) is 0 Å². The third kappa shape index (κ3) is 3.39. The monoisotopic (exact) mass is 338 g/mol. The first-order valence-electron chi connectivity index (χ1n) is 9.21. The molecule has 4 rings (SSSR count). The zero-order valence-corrected chi connectivity index (χ0v) is 14.9. The number of likely N-dealkylation sites (tertiary alicyclic amines) is 1. The van der Waals surface area contributed by atoms with Crippen molar-refractivity contribution in [3.05, 3.63) is 53.3 Å². The lowest BCUT2D eigenvalue weighted by Crippen LogP contribution is -2.31. The van der Waals surface area contributed by atoms with Crippen LogP contribution in [0.2, 0.25) is 0 Å². The van der Waals surface area contributed by atoms with E-state index in [4.69, 9.17) is 0 Å². The summed E-state index contributed by atoms with van der Waals surface area (Å²) in [5.41, 5.74) is 2.57. The van der Waals surface area contributed by atoms with E-state index < -0.39 is 5.60 Å². The minimum absolute atomic E-state index is 0.658. The lowest BCUT2D eigenvalue weighted by Gasteiger charge is -2.25. The van der Waals surface area contributed by atoms with Gasteiger partial charge in [0, 0.05) is 50.7 Å². The molecule has 5 heteroatoms. The van der Waals surface area contributed by atoms with E-state index in [1.54, 1.807) is 0 Å². The van der Waals surface area contributed by atoms with Crippen LogP contribution in [-0.2, 0) is 12.1 Å². The summed E-state index contributed by atoms with van der Waals surface area (Å²) in [5.74, 6) is 0.846. The minimum atomic E-state index is -0.748. The average Bonchev–Trinajstić information content (AvgIpc) is 3.27. The van der Waals surface area contributed by atoms with E-state index in [9.17, 15) is 5.11 Å². The fraction of sp³-hybridized carbons (Fsp3) is 0.500. The lowest BCUT2D eigenvalue weighted by molar-refractivity contribution is 0.0446. The maximum atomic E-state index is 11.1. The molecule has 2 aromatic rings. The van der Waals surface area contributed by atoms with Crippen molar-refractivity contribution < 1.29 is 5.11 Å². The molecule has 5 nitrogen and oxygen atoms in total. The van der Waals surface area contributed by atoms with Crippen LogP contribution in [-0.4, -0.2) is 46.2 Å². The van der Waals surface area contributed by atoms with Crippen LogP contribution in [0.1, 0.15) is 36.0 Å². The summed E-state index contributed by atoms with van der Waals surface area (Å²) in [6, 6.07) is 8.15. The van der Waals surface area contributed by atoms with Crippen LogP contribution < -0.4 is 4.90 Å². The topological polar surface area (TPSA) is 52.5 Å². The number of rotatable bonds is 4. The summed E-state index contributed by atoms with van der Waals surface area (Å²) in [7, 11) is 0. The fourth-order valence-corrected chi connectivity index (χ4v) is 4.09. The molecule has 0 spiro atoms. The van der Waals surface area contributed by atoms with Gasteiger partial charge >= 0.3 is 0 Å². The molecule has 0 radical (unpaired) electrons. The summed E-state index contributed by atoms with van der Waals surface area (Å²) >= 11 is 0. The van der Waals surface area contributed by atoms with Crippen LogP contribution in [0.3, 0.4) is 0 Å². The van der Waals surface area contributed by atoms with Gasteiger partial charge in [-0.25, -0.2) is 9.97 Å². The molecule has 25 heavy (non-hydrogen) atoms. The molecule has 0 amide bonds. The van der Waals surface area contributed by atoms with Crippen molar-refractivity contribution >= 4 is 5.95 Å². The molecule has 2 saturated heterocycles. The molecule has 1 aromatic heterocycles. The van der Waals surface area contributed by atoms with E-state index in [-0.39, 0.29) is 0 Å². The minimum Gasteiger partial charge on any atom is -0.384 e. The molecule has 0 aliphatic carbocycles. The van der Waals surface area contributed by atoms with Gasteiger partial charge in [0.25, 0.3) is 0 Å². The molecule has 0 unspecified atom stereocenters. The van der Waals surface area contributed by atoms with Gasteiger partial charge in [0.15, 0.2) is 0 Å².